The third-order valence-corrected chi connectivity index (χ3v) is 5.31. The number of hydrogen-bond acceptors (Lipinski definition) is 2. The molecule has 1 spiro atoms. The molecule has 3 aliphatic rings. The van der Waals surface area contributed by atoms with E-state index in [0.717, 1.165) is 11.5 Å². The molecule has 1 aliphatic heterocycles. The van der Waals surface area contributed by atoms with Gasteiger partial charge in [0.05, 0.1) is 0 Å². The molecule has 3 fully saturated rings. The van der Waals surface area contributed by atoms with Crippen LogP contribution in [-0.2, 0) is 0 Å². The zero-order valence-corrected chi connectivity index (χ0v) is 10.7. The van der Waals surface area contributed by atoms with E-state index in [1.807, 2.05) is 0 Å². The van der Waals surface area contributed by atoms with Gasteiger partial charge in [0.15, 0.2) is 0 Å². The summed E-state index contributed by atoms with van der Waals surface area (Å²) in [6.45, 7) is 6.11. The lowest BCUT2D eigenvalue weighted by molar-refractivity contribution is -0.0613. The van der Waals surface area contributed by atoms with Crippen molar-refractivity contribution in [1.82, 2.24) is 10.2 Å². The van der Waals surface area contributed by atoms with Gasteiger partial charge in [-0.1, -0.05) is 19.3 Å². The minimum absolute atomic E-state index is 0.704. The van der Waals surface area contributed by atoms with Gasteiger partial charge in [-0.3, -0.25) is 4.90 Å². The second kappa shape index (κ2) is 4.30. The molecule has 0 aromatic heterocycles. The van der Waals surface area contributed by atoms with E-state index in [1.54, 1.807) is 0 Å². The Kier molecular flexibility index (Phi) is 2.97. The fourth-order valence-electron chi connectivity index (χ4n) is 4.34. The van der Waals surface area contributed by atoms with E-state index in [4.69, 9.17) is 0 Å². The fourth-order valence-corrected chi connectivity index (χ4v) is 4.34. The standard InChI is InChI=1S/C14H26N2/c1-12-11-16(10-9-15-12)13-5-8-14(13)6-3-2-4-7-14/h12-13,15H,2-11H2,1H3/t12-,13?/m0/s1. The Labute approximate surface area is 99.8 Å². The highest BCUT2D eigenvalue weighted by molar-refractivity contribution is 5.03. The predicted octanol–water partition coefficient (Wildman–Crippen LogP) is 2.39. The summed E-state index contributed by atoms with van der Waals surface area (Å²) in [7, 11) is 0. The monoisotopic (exact) mass is 222 g/mol. The molecule has 2 heteroatoms. The summed E-state index contributed by atoms with van der Waals surface area (Å²) in [5.41, 5.74) is 0.759. The van der Waals surface area contributed by atoms with Gasteiger partial charge in [-0.15, -0.1) is 0 Å². The van der Waals surface area contributed by atoms with Crippen LogP contribution in [0.5, 0.6) is 0 Å². The second-order valence-electron chi connectivity index (χ2n) is 6.33. The van der Waals surface area contributed by atoms with Gasteiger partial charge in [-0.2, -0.15) is 0 Å². The minimum atomic E-state index is 0.704. The molecule has 2 saturated carbocycles. The van der Waals surface area contributed by atoms with Gasteiger partial charge >= 0.3 is 0 Å². The van der Waals surface area contributed by atoms with Crippen LogP contribution in [0, 0.1) is 5.41 Å². The molecule has 2 nitrogen and oxygen atoms in total. The van der Waals surface area contributed by atoms with E-state index in [-0.39, 0.29) is 0 Å². The second-order valence-corrected chi connectivity index (χ2v) is 6.33. The number of hydrogen-bond donors (Lipinski definition) is 1. The summed E-state index contributed by atoms with van der Waals surface area (Å²) in [6, 6.07) is 1.65. The fraction of sp³-hybridized carbons (Fsp3) is 1.00. The van der Waals surface area contributed by atoms with Crippen LogP contribution in [0.25, 0.3) is 0 Å². The largest absolute Gasteiger partial charge is 0.312 e. The molecule has 1 unspecified atom stereocenters. The highest BCUT2D eigenvalue weighted by atomic mass is 15.2. The Balaban J connectivity index is 1.65. The number of rotatable bonds is 1. The highest BCUT2D eigenvalue weighted by Gasteiger charge is 2.49. The molecule has 16 heavy (non-hydrogen) atoms. The van der Waals surface area contributed by atoms with E-state index < -0.39 is 0 Å². The van der Waals surface area contributed by atoms with Crippen LogP contribution in [0.4, 0.5) is 0 Å². The molecule has 1 heterocycles. The molecule has 2 atom stereocenters. The van der Waals surface area contributed by atoms with Gasteiger partial charge in [0.1, 0.15) is 0 Å². The molecule has 0 amide bonds. The summed E-state index contributed by atoms with van der Waals surface area (Å²) in [4.78, 5) is 2.80. The van der Waals surface area contributed by atoms with Crippen molar-refractivity contribution in [3.05, 3.63) is 0 Å². The van der Waals surface area contributed by atoms with Crippen molar-refractivity contribution in [2.24, 2.45) is 5.41 Å². The first-order valence-electron chi connectivity index (χ1n) is 7.28. The molecule has 1 N–H and O–H groups in total. The van der Waals surface area contributed by atoms with Crippen LogP contribution >= 0.6 is 0 Å². The first-order chi connectivity index (χ1) is 7.80. The maximum absolute atomic E-state index is 3.56. The van der Waals surface area contributed by atoms with Crippen LogP contribution in [0.1, 0.15) is 51.9 Å². The van der Waals surface area contributed by atoms with Crippen molar-refractivity contribution < 1.29 is 0 Å². The van der Waals surface area contributed by atoms with Gasteiger partial charge in [0.2, 0.25) is 0 Å². The molecule has 0 bridgehead atoms. The Hall–Kier alpha value is -0.0800. The zero-order chi connectivity index (χ0) is 11.0. The number of nitrogens with one attached hydrogen (secondary N) is 1. The Morgan fingerprint density at radius 3 is 2.56 bits per heavy atom. The van der Waals surface area contributed by atoms with Crippen molar-refractivity contribution in [3.63, 3.8) is 0 Å². The third kappa shape index (κ3) is 1.80. The van der Waals surface area contributed by atoms with Crippen molar-refractivity contribution >= 4 is 0 Å². The van der Waals surface area contributed by atoms with Crippen LogP contribution in [0.15, 0.2) is 0 Å². The van der Waals surface area contributed by atoms with Crippen molar-refractivity contribution in [2.45, 2.75) is 64.0 Å². The van der Waals surface area contributed by atoms with Gasteiger partial charge in [0.25, 0.3) is 0 Å². The molecule has 0 aromatic carbocycles. The predicted molar refractivity (Wildman–Crippen MR) is 67.6 cm³/mol. The highest BCUT2D eigenvalue weighted by Crippen LogP contribution is 2.53. The number of nitrogens with zero attached hydrogens (tertiary/aromatic N) is 1. The van der Waals surface area contributed by atoms with Crippen molar-refractivity contribution in [3.8, 4) is 0 Å². The average molecular weight is 222 g/mol. The van der Waals surface area contributed by atoms with Crippen molar-refractivity contribution in [1.29, 1.82) is 0 Å². The van der Waals surface area contributed by atoms with E-state index in [9.17, 15) is 0 Å². The van der Waals surface area contributed by atoms with E-state index in [0.29, 0.717) is 6.04 Å². The summed E-state index contributed by atoms with van der Waals surface area (Å²) in [6.07, 6.45) is 10.5. The molecule has 1 saturated heterocycles. The van der Waals surface area contributed by atoms with Crippen LogP contribution in [0.3, 0.4) is 0 Å². The van der Waals surface area contributed by atoms with Gasteiger partial charge < -0.3 is 5.32 Å². The van der Waals surface area contributed by atoms with Crippen LogP contribution in [0.2, 0.25) is 0 Å². The van der Waals surface area contributed by atoms with Gasteiger partial charge in [-0.25, -0.2) is 0 Å². The Bertz CT molecular complexity index is 245. The summed E-state index contributed by atoms with van der Waals surface area (Å²) in [5, 5.41) is 3.56. The van der Waals surface area contributed by atoms with Crippen LogP contribution < -0.4 is 5.32 Å². The smallest absolute Gasteiger partial charge is 0.0167 e. The van der Waals surface area contributed by atoms with Crippen molar-refractivity contribution in [2.75, 3.05) is 19.6 Å². The molecular weight excluding hydrogens is 196 g/mol. The lowest BCUT2D eigenvalue weighted by Crippen LogP contribution is -2.61. The Morgan fingerprint density at radius 1 is 1.12 bits per heavy atom. The summed E-state index contributed by atoms with van der Waals surface area (Å²) >= 11 is 0. The van der Waals surface area contributed by atoms with Crippen LogP contribution in [-0.4, -0.2) is 36.6 Å². The van der Waals surface area contributed by atoms with Gasteiger partial charge in [-0.05, 0) is 38.0 Å². The third-order valence-electron chi connectivity index (χ3n) is 5.31. The maximum Gasteiger partial charge on any atom is 0.0167 e. The topological polar surface area (TPSA) is 15.3 Å². The Morgan fingerprint density at radius 2 is 1.94 bits per heavy atom. The van der Waals surface area contributed by atoms with E-state index in [2.05, 4.69) is 17.1 Å². The lowest BCUT2D eigenvalue weighted by atomic mass is 9.56. The molecular formula is C14H26N2. The molecule has 2 aliphatic carbocycles. The maximum atomic E-state index is 3.56. The molecule has 92 valence electrons. The first kappa shape index (κ1) is 11.0. The summed E-state index contributed by atoms with van der Waals surface area (Å²) in [5.74, 6) is 0. The number of piperazine rings is 1. The molecule has 0 radical (unpaired) electrons. The quantitative estimate of drug-likeness (QED) is 0.733. The summed E-state index contributed by atoms with van der Waals surface area (Å²) < 4.78 is 0. The normalized spacial score (nSPS) is 39.6. The zero-order valence-electron chi connectivity index (χ0n) is 10.7. The van der Waals surface area contributed by atoms with E-state index >= 15 is 0 Å². The first-order valence-corrected chi connectivity index (χ1v) is 7.28. The lowest BCUT2D eigenvalue weighted by Gasteiger charge is -2.57. The molecule has 0 aromatic rings. The average Bonchev–Trinajstić information content (AvgIpc) is 2.29. The minimum Gasteiger partial charge on any atom is -0.312 e. The van der Waals surface area contributed by atoms with E-state index in [1.165, 1.54) is 64.6 Å². The SMILES string of the molecule is C[C@H]1CN(C2CCC23CCCCC3)CCN1. The van der Waals surface area contributed by atoms with Gasteiger partial charge in [0, 0.05) is 31.7 Å². The molecule has 3 rings (SSSR count).